The topological polar surface area (TPSA) is 49.9 Å². The second-order valence-electron chi connectivity index (χ2n) is 5.12. The summed E-state index contributed by atoms with van der Waals surface area (Å²) in [5.74, 6) is 1.47. The number of nitrogens with one attached hydrogen (secondary N) is 2. The first kappa shape index (κ1) is 11.7. The first-order chi connectivity index (χ1) is 8.74. The average molecular weight is 245 g/mol. The molecule has 0 radical (unpaired) electrons. The lowest BCUT2D eigenvalue weighted by molar-refractivity contribution is 0.0278. The Morgan fingerprint density at radius 1 is 1.39 bits per heavy atom. The number of ether oxygens (including phenoxy) is 1. The molecule has 96 valence electrons. The van der Waals surface area contributed by atoms with Crippen LogP contribution < -0.4 is 5.32 Å². The predicted octanol–water partition coefficient (Wildman–Crippen LogP) is 2.35. The summed E-state index contributed by atoms with van der Waals surface area (Å²) < 4.78 is 5.77. The van der Waals surface area contributed by atoms with E-state index in [0.717, 1.165) is 36.6 Å². The summed E-state index contributed by atoms with van der Waals surface area (Å²) >= 11 is 0. The molecule has 1 atom stereocenters. The molecule has 18 heavy (non-hydrogen) atoms. The number of hydrogen-bond acceptors (Lipinski definition) is 3. The van der Waals surface area contributed by atoms with E-state index in [1.54, 1.807) is 0 Å². The highest BCUT2D eigenvalue weighted by molar-refractivity contribution is 5.76. The maximum atomic E-state index is 5.77. The van der Waals surface area contributed by atoms with Gasteiger partial charge < -0.3 is 15.0 Å². The number of aromatic amines is 1. The lowest BCUT2D eigenvalue weighted by Crippen LogP contribution is -2.33. The van der Waals surface area contributed by atoms with Crippen LogP contribution in [0, 0.1) is 0 Å². The van der Waals surface area contributed by atoms with Gasteiger partial charge in [-0.1, -0.05) is 19.9 Å². The molecular formula is C14H19N3O. The number of nitrogens with zero attached hydrogens (tertiary/aromatic N) is 1. The SMILES string of the molecule is CC(C)c1nc2ccc(C3CNCCO3)cc2[nH]1. The molecule has 2 heterocycles. The van der Waals surface area contributed by atoms with Gasteiger partial charge in [0, 0.05) is 19.0 Å². The molecular weight excluding hydrogens is 226 g/mol. The molecule has 1 aromatic carbocycles. The van der Waals surface area contributed by atoms with Crippen LogP contribution in [0.15, 0.2) is 18.2 Å². The minimum atomic E-state index is 0.161. The predicted molar refractivity (Wildman–Crippen MR) is 71.7 cm³/mol. The van der Waals surface area contributed by atoms with Crippen LogP contribution in [0.4, 0.5) is 0 Å². The third-order valence-corrected chi connectivity index (χ3v) is 3.37. The smallest absolute Gasteiger partial charge is 0.109 e. The van der Waals surface area contributed by atoms with Gasteiger partial charge in [0.25, 0.3) is 0 Å². The highest BCUT2D eigenvalue weighted by Gasteiger charge is 2.16. The van der Waals surface area contributed by atoms with E-state index in [9.17, 15) is 0 Å². The number of morpholine rings is 1. The molecule has 0 amide bonds. The van der Waals surface area contributed by atoms with Gasteiger partial charge in [-0.15, -0.1) is 0 Å². The van der Waals surface area contributed by atoms with E-state index in [-0.39, 0.29) is 6.10 Å². The largest absolute Gasteiger partial charge is 0.371 e. The van der Waals surface area contributed by atoms with Crippen LogP contribution in [0.5, 0.6) is 0 Å². The molecule has 0 saturated carbocycles. The van der Waals surface area contributed by atoms with Crippen molar-refractivity contribution in [1.29, 1.82) is 0 Å². The van der Waals surface area contributed by atoms with E-state index in [0.29, 0.717) is 5.92 Å². The fourth-order valence-corrected chi connectivity index (χ4v) is 2.30. The van der Waals surface area contributed by atoms with Gasteiger partial charge >= 0.3 is 0 Å². The first-order valence-corrected chi connectivity index (χ1v) is 6.56. The van der Waals surface area contributed by atoms with Crippen molar-refractivity contribution in [2.75, 3.05) is 19.7 Å². The van der Waals surface area contributed by atoms with Gasteiger partial charge in [-0.25, -0.2) is 4.98 Å². The molecule has 2 N–H and O–H groups in total. The van der Waals surface area contributed by atoms with Crippen LogP contribution in [0.25, 0.3) is 11.0 Å². The van der Waals surface area contributed by atoms with E-state index >= 15 is 0 Å². The van der Waals surface area contributed by atoms with Crippen LogP contribution in [-0.4, -0.2) is 29.7 Å². The van der Waals surface area contributed by atoms with E-state index < -0.39 is 0 Å². The molecule has 4 nitrogen and oxygen atoms in total. The van der Waals surface area contributed by atoms with Crippen LogP contribution in [-0.2, 0) is 4.74 Å². The molecule has 4 heteroatoms. The van der Waals surface area contributed by atoms with Crippen LogP contribution in [0.2, 0.25) is 0 Å². The van der Waals surface area contributed by atoms with Crippen molar-refractivity contribution < 1.29 is 4.74 Å². The summed E-state index contributed by atoms with van der Waals surface area (Å²) in [6.07, 6.45) is 0.161. The summed E-state index contributed by atoms with van der Waals surface area (Å²) in [5, 5.41) is 3.35. The van der Waals surface area contributed by atoms with Gasteiger partial charge in [-0.05, 0) is 17.7 Å². The molecule has 1 aromatic heterocycles. The van der Waals surface area contributed by atoms with Crippen molar-refractivity contribution in [3.05, 3.63) is 29.6 Å². The van der Waals surface area contributed by atoms with Crippen LogP contribution >= 0.6 is 0 Å². The number of aromatic nitrogens is 2. The van der Waals surface area contributed by atoms with Crippen molar-refractivity contribution >= 4 is 11.0 Å². The van der Waals surface area contributed by atoms with E-state index in [4.69, 9.17) is 4.74 Å². The molecule has 0 spiro atoms. The summed E-state index contributed by atoms with van der Waals surface area (Å²) in [5.41, 5.74) is 3.35. The zero-order chi connectivity index (χ0) is 12.5. The summed E-state index contributed by atoms with van der Waals surface area (Å²) in [6.45, 7) is 6.90. The Bertz CT molecular complexity index is 541. The number of benzene rings is 1. The van der Waals surface area contributed by atoms with Crippen molar-refractivity contribution in [3.63, 3.8) is 0 Å². The van der Waals surface area contributed by atoms with E-state index in [1.165, 1.54) is 5.56 Å². The number of imidazole rings is 1. The number of rotatable bonds is 2. The highest BCUT2D eigenvalue weighted by atomic mass is 16.5. The van der Waals surface area contributed by atoms with Crippen molar-refractivity contribution in [1.82, 2.24) is 15.3 Å². The minimum absolute atomic E-state index is 0.161. The van der Waals surface area contributed by atoms with Crippen molar-refractivity contribution in [2.45, 2.75) is 25.9 Å². The van der Waals surface area contributed by atoms with E-state index in [1.807, 2.05) is 0 Å². The molecule has 1 unspecified atom stereocenters. The van der Waals surface area contributed by atoms with Gasteiger partial charge in [0.1, 0.15) is 5.82 Å². The summed E-state index contributed by atoms with van der Waals surface area (Å²) in [7, 11) is 0. The van der Waals surface area contributed by atoms with Gasteiger partial charge in [-0.3, -0.25) is 0 Å². The van der Waals surface area contributed by atoms with Crippen LogP contribution in [0.3, 0.4) is 0 Å². The fourth-order valence-electron chi connectivity index (χ4n) is 2.30. The van der Waals surface area contributed by atoms with Gasteiger partial charge in [0.05, 0.1) is 23.7 Å². The molecule has 2 aromatic rings. The minimum Gasteiger partial charge on any atom is -0.371 e. The molecule has 1 fully saturated rings. The summed E-state index contributed by atoms with van der Waals surface area (Å²) in [4.78, 5) is 7.97. The first-order valence-electron chi connectivity index (χ1n) is 6.56. The zero-order valence-corrected chi connectivity index (χ0v) is 10.9. The number of H-pyrrole nitrogens is 1. The second-order valence-corrected chi connectivity index (χ2v) is 5.12. The Morgan fingerprint density at radius 2 is 2.28 bits per heavy atom. The van der Waals surface area contributed by atoms with Crippen molar-refractivity contribution in [3.8, 4) is 0 Å². The van der Waals surface area contributed by atoms with Gasteiger partial charge in [0.15, 0.2) is 0 Å². The van der Waals surface area contributed by atoms with Crippen molar-refractivity contribution in [2.24, 2.45) is 0 Å². The quantitative estimate of drug-likeness (QED) is 0.854. The third-order valence-electron chi connectivity index (χ3n) is 3.37. The maximum Gasteiger partial charge on any atom is 0.109 e. The van der Waals surface area contributed by atoms with Gasteiger partial charge in [-0.2, -0.15) is 0 Å². The van der Waals surface area contributed by atoms with Gasteiger partial charge in [0.2, 0.25) is 0 Å². The fraction of sp³-hybridized carbons (Fsp3) is 0.500. The zero-order valence-electron chi connectivity index (χ0n) is 10.9. The number of fused-ring (bicyclic) bond motifs is 1. The maximum absolute atomic E-state index is 5.77. The Balaban J connectivity index is 1.94. The highest BCUT2D eigenvalue weighted by Crippen LogP contribution is 2.24. The molecule has 1 aliphatic heterocycles. The second kappa shape index (κ2) is 4.71. The molecule has 1 aliphatic rings. The average Bonchev–Trinajstić information content (AvgIpc) is 2.82. The number of hydrogen-bond donors (Lipinski definition) is 2. The summed E-state index contributed by atoms with van der Waals surface area (Å²) in [6, 6.07) is 6.35. The molecule has 0 aliphatic carbocycles. The normalized spacial score (nSPS) is 20.7. The Morgan fingerprint density at radius 3 is 3.00 bits per heavy atom. The van der Waals surface area contributed by atoms with E-state index in [2.05, 4.69) is 47.3 Å². The molecule has 3 rings (SSSR count). The third kappa shape index (κ3) is 2.13. The molecule has 0 bridgehead atoms. The molecule has 1 saturated heterocycles. The monoisotopic (exact) mass is 245 g/mol. The Hall–Kier alpha value is -1.39. The Kier molecular flexibility index (Phi) is 3.06. The Labute approximate surface area is 107 Å². The lowest BCUT2D eigenvalue weighted by atomic mass is 10.1. The van der Waals surface area contributed by atoms with Crippen LogP contribution in [0.1, 0.15) is 37.3 Å². The standard InChI is InChI=1S/C14H19N3O/c1-9(2)14-16-11-4-3-10(7-12(11)17-14)13-8-15-5-6-18-13/h3-4,7,9,13,15H,5-6,8H2,1-2H3,(H,16,17). The lowest BCUT2D eigenvalue weighted by Gasteiger charge is -2.23.